The molecule has 0 fully saturated rings. The summed E-state index contributed by atoms with van der Waals surface area (Å²) in [6.07, 6.45) is 0.544. The maximum absolute atomic E-state index is 7.29. The third-order valence-corrected chi connectivity index (χ3v) is 2.77. The summed E-state index contributed by atoms with van der Waals surface area (Å²) < 4.78 is 0. The first-order valence-corrected chi connectivity index (χ1v) is 6.37. The number of aryl methyl sites for hydroxylation is 1. The molecule has 0 radical (unpaired) electrons. The highest BCUT2D eigenvalue weighted by atomic mass is 15.2. The van der Waals surface area contributed by atoms with Crippen LogP contribution >= 0.6 is 0 Å². The van der Waals surface area contributed by atoms with E-state index in [1.165, 1.54) is 0 Å². The zero-order valence-electron chi connectivity index (χ0n) is 11.7. The van der Waals surface area contributed by atoms with Crippen LogP contribution in [0.5, 0.6) is 0 Å². The van der Waals surface area contributed by atoms with Crippen LogP contribution in [0.25, 0.3) is 0 Å². The fraction of sp³-hybridized carbons (Fsp3) is 0.615. The predicted octanol–water partition coefficient (Wildman–Crippen LogP) is 2.06. The first-order chi connectivity index (χ1) is 8.43. The molecule has 0 aromatic carbocycles. The van der Waals surface area contributed by atoms with Crippen molar-refractivity contribution in [3.8, 4) is 0 Å². The number of rotatable bonds is 6. The summed E-state index contributed by atoms with van der Waals surface area (Å²) in [5, 5.41) is 7.29. The van der Waals surface area contributed by atoms with Crippen molar-refractivity contribution >= 4 is 11.8 Å². The molecule has 100 valence electrons. The number of hydrogen-bond acceptors (Lipinski definition) is 4. The van der Waals surface area contributed by atoms with E-state index in [1.807, 2.05) is 13.0 Å². The van der Waals surface area contributed by atoms with E-state index in [0.29, 0.717) is 18.9 Å². The largest absolute Gasteiger partial charge is 0.388 e. The van der Waals surface area contributed by atoms with Crippen molar-refractivity contribution in [3.05, 3.63) is 17.5 Å². The average Bonchev–Trinajstić information content (AvgIpc) is 2.28. The van der Waals surface area contributed by atoms with Crippen LogP contribution in [0.4, 0.5) is 5.95 Å². The van der Waals surface area contributed by atoms with Gasteiger partial charge in [-0.05, 0) is 25.8 Å². The Kier molecular flexibility index (Phi) is 5.07. The molecule has 1 aromatic rings. The molecule has 0 atom stereocenters. The van der Waals surface area contributed by atoms with Gasteiger partial charge in [0, 0.05) is 30.9 Å². The van der Waals surface area contributed by atoms with Gasteiger partial charge in [0.05, 0.1) is 5.84 Å². The fourth-order valence-corrected chi connectivity index (χ4v) is 1.67. The Morgan fingerprint density at radius 3 is 2.61 bits per heavy atom. The van der Waals surface area contributed by atoms with Crippen LogP contribution in [0.15, 0.2) is 6.07 Å². The van der Waals surface area contributed by atoms with E-state index in [0.717, 1.165) is 23.9 Å². The van der Waals surface area contributed by atoms with E-state index < -0.39 is 0 Å². The van der Waals surface area contributed by atoms with E-state index in [9.17, 15) is 0 Å². The van der Waals surface area contributed by atoms with Gasteiger partial charge in [0.15, 0.2) is 0 Å². The monoisotopic (exact) mass is 249 g/mol. The van der Waals surface area contributed by atoms with Crippen molar-refractivity contribution in [1.82, 2.24) is 9.97 Å². The lowest BCUT2D eigenvalue weighted by molar-refractivity contribution is 0.756. The van der Waals surface area contributed by atoms with Crippen molar-refractivity contribution in [1.29, 1.82) is 5.41 Å². The van der Waals surface area contributed by atoms with Gasteiger partial charge in [-0.2, -0.15) is 0 Å². The molecule has 0 saturated heterocycles. The van der Waals surface area contributed by atoms with Gasteiger partial charge in [-0.25, -0.2) is 9.97 Å². The number of nitrogens with one attached hydrogen (secondary N) is 1. The van der Waals surface area contributed by atoms with E-state index in [4.69, 9.17) is 11.1 Å². The molecule has 0 spiro atoms. The number of nitrogens with zero attached hydrogens (tertiary/aromatic N) is 3. The summed E-state index contributed by atoms with van der Waals surface area (Å²) in [7, 11) is 0. The number of nitrogens with two attached hydrogens (primary N) is 1. The Morgan fingerprint density at radius 1 is 1.44 bits per heavy atom. The Balaban J connectivity index is 2.94. The normalized spacial score (nSPS) is 10.7. The highest BCUT2D eigenvalue weighted by Gasteiger charge is 2.11. The van der Waals surface area contributed by atoms with Gasteiger partial charge in [-0.3, -0.25) is 5.41 Å². The van der Waals surface area contributed by atoms with Gasteiger partial charge in [-0.15, -0.1) is 0 Å². The highest BCUT2D eigenvalue weighted by Crippen LogP contribution is 2.16. The van der Waals surface area contributed by atoms with E-state index in [1.54, 1.807) is 0 Å². The minimum atomic E-state index is 0.199. The number of amidine groups is 1. The van der Waals surface area contributed by atoms with Gasteiger partial charge in [0.1, 0.15) is 0 Å². The summed E-state index contributed by atoms with van der Waals surface area (Å²) in [6.45, 7) is 9.78. The van der Waals surface area contributed by atoms with Gasteiger partial charge < -0.3 is 10.6 Å². The van der Waals surface area contributed by atoms with E-state index in [-0.39, 0.29) is 5.84 Å². The molecule has 1 rings (SSSR count). The number of anilines is 1. The molecular weight excluding hydrogens is 226 g/mol. The topological polar surface area (TPSA) is 78.9 Å². The standard InChI is InChI=1S/C13H23N5/c1-5-18(7-6-12(14)15)13-16-10(4)8-11(17-13)9(2)3/h8-9H,5-7H2,1-4H3,(H3,14,15). The zero-order valence-corrected chi connectivity index (χ0v) is 11.7. The maximum Gasteiger partial charge on any atom is 0.225 e. The number of aromatic nitrogens is 2. The summed E-state index contributed by atoms with van der Waals surface area (Å²) in [6, 6.07) is 2.02. The summed E-state index contributed by atoms with van der Waals surface area (Å²) >= 11 is 0. The minimum Gasteiger partial charge on any atom is -0.388 e. The lowest BCUT2D eigenvalue weighted by Gasteiger charge is -2.21. The van der Waals surface area contributed by atoms with Crippen molar-refractivity contribution in [2.45, 2.75) is 40.0 Å². The average molecular weight is 249 g/mol. The third kappa shape index (κ3) is 3.98. The summed E-state index contributed by atoms with van der Waals surface area (Å²) in [4.78, 5) is 11.1. The van der Waals surface area contributed by atoms with Crippen LogP contribution in [0, 0.1) is 12.3 Å². The molecule has 5 heteroatoms. The fourth-order valence-electron chi connectivity index (χ4n) is 1.67. The van der Waals surface area contributed by atoms with Crippen LogP contribution in [0.2, 0.25) is 0 Å². The second-order valence-electron chi connectivity index (χ2n) is 4.74. The quantitative estimate of drug-likeness (QED) is 0.597. The van der Waals surface area contributed by atoms with Gasteiger partial charge in [-0.1, -0.05) is 13.8 Å². The van der Waals surface area contributed by atoms with Crippen LogP contribution in [-0.2, 0) is 0 Å². The SMILES string of the molecule is CCN(CCC(=N)N)c1nc(C)cc(C(C)C)n1. The van der Waals surface area contributed by atoms with Crippen LogP contribution in [0.1, 0.15) is 44.5 Å². The Bertz CT molecular complexity index is 414. The second kappa shape index (κ2) is 6.33. The molecular formula is C13H23N5. The molecule has 0 aliphatic carbocycles. The predicted molar refractivity (Wildman–Crippen MR) is 75.3 cm³/mol. The lowest BCUT2D eigenvalue weighted by atomic mass is 10.1. The van der Waals surface area contributed by atoms with Gasteiger partial charge >= 0.3 is 0 Å². The molecule has 5 nitrogen and oxygen atoms in total. The molecule has 3 N–H and O–H groups in total. The molecule has 18 heavy (non-hydrogen) atoms. The third-order valence-electron chi connectivity index (χ3n) is 2.77. The first kappa shape index (κ1) is 14.4. The molecule has 0 amide bonds. The molecule has 1 aromatic heterocycles. The van der Waals surface area contributed by atoms with Crippen molar-refractivity contribution in [2.75, 3.05) is 18.0 Å². The molecule has 0 saturated carbocycles. The molecule has 0 bridgehead atoms. The molecule has 1 heterocycles. The second-order valence-corrected chi connectivity index (χ2v) is 4.74. The Hall–Kier alpha value is -1.65. The maximum atomic E-state index is 7.29. The van der Waals surface area contributed by atoms with Crippen molar-refractivity contribution in [2.24, 2.45) is 5.73 Å². The van der Waals surface area contributed by atoms with Crippen molar-refractivity contribution in [3.63, 3.8) is 0 Å². The van der Waals surface area contributed by atoms with E-state index in [2.05, 4.69) is 35.6 Å². The Morgan fingerprint density at radius 2 is 2.11 bits per heavy atom. The zero-order chi connectivity index (χ0) is 13.7. The first-order valence-electron chi connectivity index (χ1n) is 6.37. The molecule has 0 aliphatic heterocycles. The van der Waals surface area contributed by atoms with Crippen LogP contribution in [0.3, 0.4) is 0 Å². The highest BCUT2D eigenvalue weighted by molar-refractivity contribution is 5.77. The van der Waals surface area contributed by atoms with Crippen molar-refractivity contribution < 1.29 is 0 Å². The van der Waals surface area contributed by atoms with Gasteiger partial charge in [0.2, 0.25) is 5.95 Å². The number of hydrogen-bond donors (Lipinski definition) is 2. The summed E-state index contributed by atoms with van der Waals surface area (Å²) in [5.41, 5.74) is 7.43. The lowest BCUT2D eigenvalue weighted by Crippen LogP contribution is -2.29. The molecule has 0 unspecified atom stereocenters. The van der Waals surface area contributed by atoms with Crippen LogP contribution < -0.4 is 10.6 Å². The minimum absolute atomic E-state index is 0.199. The Labute approximate surface area is 109 Å². The smallest absolute Gasteiger partial charge is 0.225 e. The summed E-state index contributed by atoms with van der Waals surface area (Å²) in [5.74, 6) is 1.32. The molecule has 0 aliphatic rings. The van der Waals surface area contributed by atoms with E-state index >= 15 is 0 Å². The van der Waals surface area contributed by atoms with Gasteiger partial charge in [0.25, 0.3) is 0 Å². The van der Waals surface area contributed by atoms with Crippen LogP contribution in [-0.4, -0.2) is 28.9 Å².